The van der Waals surface area contributed by atoms with E-state index in [0.29, 0.717) is 26.1 Å². The summed E-state index contributed by atoms with van der Waals surface area (Å²) in [5, 5.41) is 8.73. The molecule has 0 aromatic carbocycles. The first kappa shape index (κ1) is 14.8. The third-order valence-electron chi connectivity index (χ3n) is 2.56. The molecule has 1 aliphatic rings. The summed E-state index contributed by atoms with van der Waals surface area (Å²) >= 11 is 0. The lowest BCUT2D eigenvalue weighted by Crippen LogP contribution is -2.53. The van der Waals surface area contributed by atoms with Crippen LogP contribution in [0.15, 0.2) is 0 Å². The summed E-state index contributed by atoms with van der Waals surface area (Å²) in [6.07, 6.45) is 0.121. The maximum atomic E-state index is 11.8. The standard InChI is InChI=1S/C12H22N2O4/c1-12(2,3)18-11(17)14-7-6-13(5-4-8-15)10(16)9-14/h15H,4-9H2,1-3H3. The summed E-state index contributed by atoms with van der Waals surface area (Å²) in [5.41, 5.74) is -0.547. The topological polar surface area (TPSA) is 70.1 Å². The molecule has 0 bridgehead atoms. The zero-order valence-corrected chi connectivity index (χ0v) is 11.3. The Labute approximate surface area is 107 Å². The molecule has 1 heterocycles. The summed E-state index contributed by atoms with van der Waals surface area (Å²) in [6, 6.07) is 0. The molecule has 0 aromatic heterocycles. The Morgan fingerprint density at radius 3 is 2.56 bits per heavy atom. The van der Waals surface area contributed by atoms with Crippen molar-refractivity contribution in [3.8, 4) is 0 Å². The largest absolute Gasteiger partial charge is 0.444 e. The lowest BCUT2D eigenvalue weighted by Gasteiger charge is -2.35. The molecule has 18 heavy (non-hydrogen) atoms. The van der Waals surface area contributed by atoms with E-state index in [4.69, 9.17) is 9.84 Å². The number of aliphatic hydroxyl groups is 1. The van der Waals surface area contributed by atoms with Crippen LogP contribution in [-0.4, -0.2) is 65.3 Å². The van der Waals surface area contributed by atoms with Crippen LogP contribution < -0.4 is 0 Å². The fourth-order valence-electron chi connectivity index (χ4n) is 1.69. The average molecular weight is 258 g/mol. The highest BCUT2D eigenvalue weighted by Gasteiger charge is 2.29. The number of carbonyl (C=O) groups is 2. The highest BCUT2D eigenvalue weighted by Crippen LogP contribution is 2.12. The van der Waals surface area contributed by atoms with Gasteiger partial charge in [-0.25, -0.2) is 4.79 Å². The van der Waals surface area contributed by atoms with Gasteiger partial charge in [-0.3, -0.25) is 9.69 Å². The van der Waals surface area contributed by atoms with Crippen LogP contribution in [0.1, 0.15) is 27.2 Å². The fraction of sp³-hybridized carbons (Fsp3) is 0.833. The molecule has 0 radical (unpaired) electrons. The summed E-state index contributed by atoms with van der Waals surface area (Å²) in [4.78, 5) is 26.6. The van der Waals surface area contributed by atoms with Crippen molar-refractivity contribution in [3.63, 3.8) is 0 Å². The number of amides is 2. The lowest BCUT2D eigenvalue weighted by atomic mass is 10.2. The SMILES string of the molecule is CC(C)(C)OC(=O)N1CCN(CCCO)C(=O)C1. The van der Waals surface area contributed by atoms with Gasteiger partial charge in [0.1, 0.15) is 12.1 Å². The predicted octanol–water partition coefficient (Wildman–Crippen LogP) is 0.448. The highest BCUT2D eigenvalue weighted by atomic mass is 16.6. The quantitative estimate of drug-likeness (QED) is 0.798. The normalized spacial score (nSPS) is 17.0. The van der Waals surface area contributed by atoms with Gasteiger partial charge in [0.25, 0.3) is 0 Å². The second-order valence-corrected chi connectivity index (χ2v) is 5.36. The van der Waals surface area contributed by atoms with E-state index in [1.54, 1.807) is 25.7 Å². The molecule has 0 unspecified atom stereocenters. The van der Waals surface area contributed by atoms with Gasteiger partial charge in [0.2, 0.25) is 5.91 Å². The van der Waals surface area contributed by atoms with Crippen LogP contribution in [0.3, 0.4) is 0 Å². The number of nitrogens with zero attached hydrogens (tertiary/aromatic N) is 2. The molecule has 104 valence electrons. The molecule has 1 rings (SSSR count). The smallest absolute Gasteiger partial charge is 0.410 e. The molecule has 0 aromatic rings. The van der Waals surface area contributed by atoms with Crippen molar-refractivity contribution >= 4 is 12.0 Å². The van der Waals surface area contributed by atoms with E-state index in [0.717, 1.165) is 0 Å². The third kappa shape index (κ3) is 4.52. The predicted molar refractivity (Wildman–Crippen MR) is 66.1 cm³/mol. The van der Waals surface area contributed by atoms with Gasteiger partial charge in [0.05, 0.1) is 0 Å². The van der Waals surface area contributed by atoms with E-state index in [2.05, 4.69) is 0 Å². The Balaban J connectivity index is 2.45. The molecule has 6 nitrogen and oxygen atoms in total. The highest BCUT2D eigenvalue weighted by molar-refractivity contribution is 5.83. The second-order valence-electron chi connectivity index (χ2n) is 5.36. The molecule has 0 saturated carbocycles. The van der Waals surface area contributed by atoms with Gasteiger partial charge in [0.15, 0.2) is 0 Å². The molecule has 1 saturated heterocycles. The van der Waals surface area contributed by atoms with E-state index in [9.17, 15) is 9.59 Å². The van der Waals surface area contributed by atoms with E-state index in [1.165, 1.54) is 4.90 Å². The summed E-state index contributed by atoms with van der Waals surface area (Å²) in [6.45, 7) is 7.03. The molecule has 0 spiro atoms. The Bertz CT molecular complexity index is 312. The summed E-state index contributed by atoms with van der Waals surface area (Å²) in [7, 11) is 0. The van der Waals surface area contributed by atoms with Crippen molar-refractivity contribution in [1.29, 1.82) is 0 Å². The maximum Gasteiger partial charge on any atom is 0.410 e. The molecule has 1 aliphatic heterocycles. The van der Waals surface area contributed by atoms with Crippen LogP contribution in [0, 0.1) is 0 Å². The van der Waals surface area contributed by atoms with Gasteiger partial charge in [-0.1, -0.05) is 0 Å². The molecule has 0 atom stereocenters. The minimum absolute atomic E-state index is 0.0559. The van der Waals surface area contributed by atoms with E-state index >= 15 is 0 Å². The number of hydrogen-bond donors (Lipinski definition) is 1. The number of hydrogen-bond acceptors (Lipinski definition) is 4. The molecule has 6 heteroatoms. The van der Waals surface area contributed by atoms with E-state index < -0.39 is 11.7 Å². The van der Waals surface area contributed by atoms with Gasteiger partial charge in [-0.2, -0.15) is 0 Å². The van der Waals surface area contributed by atoms with E-state index in [-0.39, 0.29) is 19.1 Å². The Kier molecular flexibility index (Phi) is 4.95. The fourth-order valence-corrected chi connectivity index (χ4v) is 1.69. The van der Waals surface area contributed by atoms with Crippen molar-refractivity contribution in [2.75, 3.05) is 32.8 Å². The van der Waals surface area contributed by atoms with Crippen molar-refractivity contribution < 1.29 is 19.4 Å². The molecular weight excluding hydrogens is 236 g/mol. The van der Waals surface area contributed by atoms with Crippen LogP contribution in [0.25, 0.3) is 0 Å². The van der Waals surface area contributed by atoms with Gasteiger partial charge < -0.3 is 14.7 Å². The monoisotopic (exact) mass is 258 g/mol. The van der Waals surface area contributed by atoms with Crippen molar-refractivity contribution in [2.24, 2.45) is 0 Å². The number of rotatable bonds is 3. The first-order valence-electron chi connectivity index (χ1n) is 6.20. The van der Waals surface area contributed by atoms with Crippen LogP contribution in [-0.2, 0) is 9.53 Å². The van der Waals surface area contributed by atoms with Gasteiger partial charge >= 0.3 is 6.09 Å². The van der Waals surface area contributed by atoms with Crippen molar-refractivity contribution in [1.82, 2.24) is 9.80 Å². The first-order valence-corrected chi connectivity index (χ1v) is 6.20. The Morgan fingerprint density at radius 1 is 1.39 bits per heavy atom. The molecule has 2 amide bonds. The lowest BCUT2D eigenvalue weighted by molar-refractivity contribution is -0.136. The number of aliphatic hydroxyl groups excluding tert-OH is 1. The summed E-state index contributed by atoms with van der Waals surface area (Å²) in [5.74, 6) is -0.0967. The zero-order valence-electron chi connectivity index (χ0n) is 11.3. The Hall–Kier alpha value is -1.30. The minimum atomic E-state index is -0.547. The first-order chi connectivity index (χ1) is 8.33. The second kappa shape index (κ2) is 6.04. The number of ether oxygens (including phenoxy) is 1. The summed E-state index contributed by atoms with van der Waals surface area (Å²) < 4.78 is 5.22. The number of piperazine rings is 1. The minimum Gasteiger partial charge on any atom is -0.444 e. The van der Waals surface area contributed by atoms with Gasteiger partial charge in [-0.15, -0.1) is 0 Å². The maximum absolute atomic E-state index is 11.8. The van der Waals surface area contributed by atoms with Crippen LogP contribution in [0.2, 0.25) is 0 Å². The average Bonchev–Trinajstić information content (AvgIpc) is 2.25. The van der Waals surface area contributed by atoms with Gasteiger partial charge in [-0.05, 0) is 27.2 Å². The van der Waals surface area contributed by atoms with Crippen LogP contribution in [0.5, 0.6) is 0 Å². The van der Waals surface area contributed by atoms with Gasteiger partial charge in [0, 0.05) is 26.2 Å². The Morgan fingerprint density at radius 2 is 2.06 bits per heavy atom. The van der Waals surface area contributed by atoms with Crippen LogP contribution in [0.4, 0.5) is 4.79 Å². The van der Waals surface area contributed by atoms with Crippen LogP contribution >= 0.6 is 0 Å². The molecule has 1 fully saturated rings. The van der Waals surface area contributed by atoms with Crippen molar-refractivity contribution in [3.05, 3.63) is 0 Å². The number of carbonyl (C=O) groups excluding carboxylic acids is 2. The molecule has 1 N–H and O–H groups in total. The third-order valence-corrected chi connectivity index (χ3v) is 2.56. The molecule has 0 aliphatic carbocycles. The van der Waals surface area contributed by atoms with E-state index in [1.807, 2.05) is 0 Å². The molecular formula is C12H22N2O4. The zero-order chi connectivity index (χ0) is 13.8. The van der Waals surface area contributed by atoms with Crippen molar-refractivity contribution in [2.45, 2.75) is 32.8 Å².